The van der Waals surface area contributed by atoms with Gasteiger partial charge in [-0.05, 0) is 37.8 Å². The summed E-state index contributed by atoms with van der Waals surface area (Å²) in [6, 6.07) is 11.5. The molecule has 0 bridgehead atoms. The Hall–Kier alpha value is -1.26. The first-order valence-electron chi connectivity index (χ1n) is 7.25. The second-order valence-corrected chi connectivity index (χ2v) is 6.59. The van der Waals surface area contributed by atoms with Crippen LogP contribution < -0.4 is 5.32 Å². The highest BCUT2D eigenvalue weighted by Crippen LogP contribution is 2.39. The molecule has 3 rings (SSSR count). The Morgan fingerprint density at radius 3 is 2.80 bits per heavy atom. The van der Waals surface area contributed by atoms with Crippen LogP contribution >= 0.6 is 11.8 Å². The van der Waals surface area contributed by atoms with Gasteiger partial charge in [0, 0.05) is 23.7 Å². The minimum atomic E-state index is 0.574. The Morgan fingerprint density at radius 2 is 2.10 bits per heavy atom. The fraction of sp³-hybridized carbons (Fsp3) is 0.438. The Morgan fingerprint density at radius 1 is 1.25 bits per heavy atom. The molecular weight excluding hydrogens is 266 g/mol. The average Bonchev–Trinajstić information content (AvgIpc) is 3.01. The minimum Gasteiger partial charge on any atom is -0.340 e. The number of imidazole rings is 1. The van der Waals surface area contributed by atoms with E-state index in [1.807, 2.05) is 24.2 Å². The minimum absolute atomic E-state index is 0.574. The summed E-state index contributed by atoms with van der Waals surface area (Å²) in [5.41, 5.74) is 1.48. The van der Waals surface area contributed by atoms with Crippen LogP contribution in [0.25, 0.3) is 0 Å². The van der Waals surface area contributed by atoms with Crippen LogP contribution in [-0.4, -0.2) is 28.3 Å². The van der Waals surface area contributed by atoms with Gasteiger partial charge in [-0.15, -0.1) is 0 Å². The van der Waals surface area contributed by atoms with E-state index in [1.165, 1.54) is 24.8 Å². The normalized spacial score (nSPS) is 26.6. The van der Waals surface area contributed by atoms with Gasteiger partial charge in [-0.2, -0.15) is 0 Å². The van der Waals surface area contributed by atoms with E-state index in [9.17, 15) is 0 Å². The SMILES string of the molecule is CNC1CCC(c2ccccc2)CC1Sc1ncc[nH]1. The molecule has 3 atom stereocenters. The number of hydrogen-bond acceptors (Lipinski definition) is 3. The van der Waals surface area contributed by atoms with E-state index in [4.69, 9.17) is 0 Å². The molecule has 0 radical (unpaired) electrons. The van der Waals surface area contributed by atoms with Crippen molar-refractivity contribution >= 4 is 11.8 Å². The molecule has 3 unspecified atom stereocenters. The molecule has 1 saturated carbocycles. The highest BCUT2D eigenvalue weighted by Gasteiger charge is 2.31. The zero-order valence-corrected chi connectivity index (χ0v) is 12.6. The third kappa shape index (κ3) is 3.07. The van der Waals surface area contributed by atoms with E-state index in [0.717, 1.165) is 5.16 Å². The second-order valence-electron chi connectivity index (χ2n) is 5.37. The number of hydrogen-bond donors (Lipinski definition) is 2. The van der Waals surface area contributed by atoms with E-state index in [-0.39, 0.29) is 0 Å². The van der Waals surface area contributed by atoms with Gasteiger partial charge in [0.05, 0.1) is 0 Å². The van der Waals surface area contributed by atoms with Gasteiger partial charge >= 0.3 is 0 Å². The lowest BCUT2D eigenvalue weighted by molar-refractivity contribution is 0.369. The first-order valence-corrected chi connectivity index (χ1v) is 8.13. The van der Waals surface area contributed by atoms with Crippen LogP contribution in [0, 0.1) is 0 Å². The van der Waals surface area contributed by atoms with Crippen molar-refractivity contribution in [2.45, 2.75) is 41.6 Å². The summed E-state index contributed by atoms with van der Waals surface area (Å²) in [6.07, 6.45) is 7.43. The lowest BCUT2D eigenvalue weighted by Crippen LogP contribution is -2.40. The molecule has 1 aliphatic carbocycles. The quantitative estimate of drug-likeness (QED) is 0.905. The number of aromatic amines is 1. The third-order valence-electron chi connectivity index (χ3n) is 4.17. The summed E-state index contributed by atoms with van der Waals surface area (Å²) in [6.45, 7) is 0. The van der Waals surface area contributed by atoms with Crippen LogP contribution in [0.4, 0.5) is 0 Å². The molecule has 4 heteroatoms. The molecule has 0 amide bonds. The summed E-state index contributed by atoms with van der Waals surface area (Å²) < 4.78 is 0. The largest absolute Gasteiger partial charge is 0.340 e. The molecule has 1 aliphatic rings. The first kappa shape index (κ1) is 13.7. The van der Waals surface area contributed by atoms with Crippen molar-refractivity contribution in [3.05, 3.63) is 48.3 Å². The highest BCUT2D eigenvalue weighted by atomic mass is 32.2. The van der Waals surface area contributed by atoms with Gasteiger partial charge in [0.25, 0.3) is 0 Å². The predicted octanol–water partition coefficient (Wildman–Crippen LogP) is 3.43. The van der Waals surface area contributed by atoms with E-state index < -0.39 is 0 Å². The Labute approximate surface area is 124 Å². The molecule has 3 nitrogen and oxygen atoms in total. The van der Waals surface area contributed by atoms with Crippen LogP contribution in [-0.2, 0) is 0 Å². The summed E-state index contributed by atoms with van der Waals surface area (Å²) in [7, 11) is 2.07. The van der Waals surface area contributed by atoms with Crippen molar-refractivity contribution in [2.24, 2.45) is 0 Å². The molecule has 1 aromatic heterocycles. The Kier molecular flexibility index (Phi) is 4.43. The number of nitrogens with zero attached hydrogens (tertiary/aromatic N) is 1. The number of H-pyrrole nitrogens is 1. The Bertz CT molecular complexity index is 512. The van der Waals surface area contributed by atoms with Gasteiger partial charge in [-0.25, -0.2) is 4.98 Å². The van der Waals surface area contributed by atoms with Crippen LogP contribution in [0.2, 0.25) is 0 Å². The fourth-order valence-electron chi connectivity index (χ4n) is 3.08. The van der Waals surface area contributed by atoms with E-state index in [0.29, 0.717) is 17.2 Å². The maximum atomic E-state index is 4.36. The monoisotopic (exact) mass is 287 g/mol. The van der Waals surface area contributed by atoms with Gasteiger partial charge in [0.1, 0.15) is 0 Å². The molecule has 0 spiro atoms. The number of rotatable bonds is 4. The smallest absolute Gasteiger partial charge is 0.165 e. The highest BCUT2D eigenvalue weighted by molar-refractivity contribution is 7.99. The Balaban J connectivity index is 1.72. The molecule has 106 valence electrons. The summed E-state index contributed by atoms with van der Waals surface area (Å²) in [5.74, 6) is 0.674. The number of nitrogens with one attached hydrogen (secondary N) is 2. The zero-order chi connectivity index (χ0) is 13.8. The van der Waals surface area contributed by atoms with Crippen LogP contribution in [0.5, 0.6) is 0 Å². The van der Waals surface area contributed by atoms with Crippen molar-refractivity contribution < 1.29 is 0 Å². The van der Waals surface area contributed by atoms with Crippen LogP contribution in [0.15, 0.2) is 47.9 Å². The van der Waals surface area contributed by atoms with Crippen molar-refractivity contribution in [2.75, 3.05) is 7.05 Å². The van der Waals surface area contributed by atoms with Gasteiger partial charge in [-0.1, -0.05) is 42.1 Å². The summed E-state index contributed by atoms with van der Waals surface area (Å²) in [4.78, 5) is 7.56. The molecule has 20 heavy (non-hydrogen) atoms. The first-order chi connectivity index (χ1) is 9.86. The van der Waals surface area contributed by atoms with Gasteiger partial charge in [0.15, 0.2) is 5.16 Å². The lowest BCUT2D eigenvalue weighted by Gasteiger charge is -2.35. The number of benzene rings is 1. The second kappa shape index (κ2) is 6.46. The van der Waals surface area contributed by atoms with E-state index in [1.54, 1.807) is 0 Å². The summed E-state index contributed by atoms with van der Waals surface area (Å²) in [5, 5.41) is 5.08. The van der Waals surface area contributed by atoms with Crippen molar-refractivity contribution in [3.8, 4) is 0 Å². The molecule has 2 aromatic rings. The van der Waals surface area contributed by atoms with Crippen molar-refractivity contribution in [1.82, 2.24) is 15.3 Å². The maximum absolute atomic E-state index is 4.36. The molecule has 1 heterocycles. The number of aromatic nitrogens is 2. The molecule has 0 aliphatic heterocycles. The molecular formula is C16H21N3S. The van der Waals surface area contributed by atoms with Gasteiger partial charge in [0.2, 0.25) is 0 Å². The third-order valence-corrected chi connectivity index (χ3v) is 5.44. The molecule has 1 fully saturated rings. The molecule has 0 saturated heterocycles. The number of thioether (sulfide) groups is 1. The lowest BCUT2D eigenvalue weighted by atomic mass is 9.81. The maximum Gasteiger partial charge on any atom is 0.165 e. The standard InChI is InChI=1S/C16H21N3S/c1-17-14-8-7-13(12-5-3-2-4-6-12)11-15(14)20-16-18-9-10-19-16/h2-6,9-10,13-15,17H,7-8,11H2,1H3,(H,18,19). The van der Waals surface area contributed by atoms with Crippen molar-refractivity contribution in [3.63, 3.8) is 0 Å². The predicted molar refractivity (Wildman–Crippen MR) is 84.1 cm³/mol. The fourth-order valence-corrected chi connectivity index (χ4v) is 4.39. The van der Waals surface area contributed by atoms with E-state index >= 15 is 0 Å². The van der Waals surface area contributed by atoms with E-state index in [2.05, 4.69) is 52.7 Å². The topological polar surface area (TPSA) is 40.7 Å². The van der Waals surface area contributed by atoms with Crippen LogP contribution in [0.1, 0.15) is 30.7 Å². The zero-order valence-electron chi connectivity index (χ0n) is 11.8. The van der Waals surface area contributed by atoms with Gasteiger partial charge < -0.3 is 10.3 Å². The average molecular weight is 287 g/mol. The summed E-state index contributed by atoms with van der Waals surface area (Å²) >= 11 is 1.87. The molecule has 1 aromatic carbocycles. The molecule has 2 N–H and O–H groups in total. The van der Waals surface area contributed by atoms with Crippen LogP contribution in [0.3, 0.4) is 0 Å². The van der Waals surface area contributed by atoms with Gasteiger partial charge in [-0.3, -0.25) is 0 Å². The van der Waals surface area contributed by atoms with Crippen molar-refractivity contribution in [1.29, 1.82) is 0 Å².